The van der Waals surface area contributed by atoms with Crippen LogP contribution in [0.4, 0.5) is 5.69 Å². The zero-order valence-corrected chi connectivity index (χ0v) is 23.3. The second-order valence-electron chi connectivity index (χ2n) is 11.1. The minimum Gasteiger partial charge on any atom is -0.471 e. The molecule has 1 aliphatic heterocycles. The van der Waals surface area contributed by atoms with Gasteiger partial charge in [0.2, 0.25) is 5.88 Å². The summed E-state index contributed by atoms with van der Waals surface area (Å²) in [7, 11) is -3.99. The first-order valence-electron chi connectivity index (χ1n) is 12.2. The summed E-state index contributed by atoms with van der Waals surface area (Å²) >= 11 is 0. The van der Waals surface area contributed by atoms with E-state index in [2.05, 4.69) is 4.98 Å². The lowest BCUT2D eigenvalue weighted by molar-refractivity contribution is -0.155. The molecule has 0 radical (unpaired) electrons. The number of carbonyl (C=O) groups is 2. The van der Waals surface area contributed by atoms with Gasteiger partial charge < -0.3 is 14.2 Å². The topological polar surface area (TPSA) is 112 Å². The van der Waals surface area contributed by atoms with Crippen molar-refractivity contribution < 1.29 is 32.2 Å². The molecule has 0 saturated heterocycles. The van der Waals surface area contributed by atoms with Crippen LogP contribution in [0, 0.1) is 6.92 Å². The Kier molecular flexibility index (Phi) is 8.21. The van der Waals surface area contributed by atoms with Crippen molar-refractivity contribution in [3.8, 4) is 5.88 Å². The minimum absolute atomic E-state index is 0.0242. The van der Waals surface area contributed by atoms with Gasteiger partial charge in [-0.15, -0.1) is 0 Å². The maximum absolute atomic E-state index is 13.8. The lowest BCUT2D eigenvalue weighted by Gasteiger charge is -2.35. The van der Waals surface area contributed by atoms with Crippen LogP contribution in [0.1, 0.15) is 65.5 Å². The van der Waals surface area contributed by atoms with E-state index in [0.717, 1.165) is 5.56 Å². The Morgan fingerprint density at radius 3 is 2.32 bits per heavy atom. The largest absolute Gasteiger partial charge is 0.471 e. The summed E-state index contributed by atoms with van der Waals surface area (Å²) < 4.78 is 45.5. The van der Waals surface area contributed by atoms with Gasteiger partial charge in [0.15, 0.2) is 0 Å². The summed E-state index contributed by atoms with van der Waals surface area (Å²) in [5, 5.41) is 0. The molecule has 0 amide bonds. The molecule has 2 aromatic rings. The molecule has 0 bridgehead atoms. The van der Waals surface area contributed by atoms with Crippen molar-refractivity contribution in [3.63, 3.8) is 0 Å². The molecule has 9 nitrogen and oxygen atoms in total. The van der Waals surface area contributed by atoms with Crippen LogP contribution in [-0.2, 0) is 35.5 Å². The quantitative estimate of drug-likeness (QED) is 0.484. The van der Waals surface area contributed by atoms with Crippen molar-refractivity contribution in [1.29, 1.82) is 0 Å². The Balaban J connectivity index is 1.92. The number of carbonyl (C=O) groups excluding carboxylic acids is 2. The number of ether oxygens (including phenoxy) is 3. The molecule has 1 aromatic heterocycles. The number of sulfonamides is 1. The minimum atomic E-state index is -3.99. The summed E-state index contributed by atoms with van der Waals surface area (Å²) in [4.78, 5) is 29.1. The molecule has 0 aliphatic carbocycles. The van der Waals surface area contributed by atoms with E-state index in [9.17, 15) is 18.0 Å². The predicted octanol–water partition coefficient (Wildman–Crippen LogP) is 4.35. The number of hydrogen-bond acceptors (Lipinski definition) is 8. The van der Waals surface area contributed by atoms with Crippen LogP contribution in [0.2, 0.25) is 0 Å². The number of esters is 2. The van der Waals surface area contributed by atoms with Gasteiger partial charge >= 0.3 is 11.9 Å². The fraction of sp³-hybridized carbons (Fsp3) is 0.519. The van der Waals surface area contributed by atoms with E-state index in [1.807, 2.05) is 13.0 Å². The van der Waals surface area contributed by atoms with E-state index < -0.39 is 39.3 Å². The average molecular weight is 533 g/mol. The number of aryl methyl sites for hydroxylation is 1. The van der Waals surface area contributed by atoms with Crippen LogP contribution < -0.4 is 9.04 Å². The number of pyridine rings is 1. The molecule has 0 unspecified atom stereocenters. The Hall–Kier alpha value is -3.14. The predicted molar refractivity (Wildman–Crippen MR) is 139 cm³/mol. The number of anilines is 1. The van der Waals surface area contributed by atoms with E-state index in [1.165, 1.54) is 16.6 Å². The lowest BCUT2D eigenvalue weighted by atomic mass is 10.1. The standard InChI is InChI=1S/C27H36N2O7S/c1-18-9-8-10-21(13-18)37(32,33)29-17-20(11-12-23(30)35-26(2,3)4)34-25-22(29)14-19(16-28-25)15-24(31)36-27(5,6)7/h8-10,13-14,16,20H,11-12,15,17H2,1-7H3/t20-/m0/s1. The zero-order chi connectivity index (χ0) is 27.6. The van der Waals surface area contributed by atoms with E-state index in [4.69, 9.17) is 14.2 Å². The maximum atomic E-state index is 13.8. The number of nitrogens with zero attached hydrogens (tertiary/aromatic N) is 2. The van der Waals surface area contributed by atoms with Crippen LogP contribution >= 0.6 is 0 Å². The number of rotatable bonds is 7. The lowest BCUT2D eigenvalue weighted by Crippen LogP contribution is -2.44. The van der Waals surface area contributed by atoms with Crippen molar-refractivity contribution in [2.24, 2.45) is 0 Å². The monoisotopic (exact) mass is 532 g/mol. The van der Waals surface area contributed by atoms with Crippen LogP contribution in [0.15, 0.2) is 41.4 Å². The van der Waals surface area contributed by atoms with Gasteiger partial charge in [0.25, 0.3) is 10.0 Å². The fourth-order valence-electron chi connectivity index (χ4n) is 3.82. The SMILES string of the molecule is Cc1cccc(S(=O)(=O)N2C[C@H](CCC(=O)OC(C)(C)C)Oc3ncc(CC(=O)OC(C)(C)C)cc32)c1. The Bertz CT molecular complexity index is 1260. The number of hydrogen-bond donors (Lipinski definition) is 0. The molecule has 0 N–H and O–H groups in total. The molecule has 0 fully saturated rings. The number of fused-ring (bicyclic) bond motifs is 1. The maximum Gasteiger partial charge on any atom is 0.310 e. The normalized spacial score (nSPS) is 16.0. The van der Waals surface area contributed by atoms with E-state index >= 15 is 0 Å². The van der Waals surface area contributed by atoms with Crippen molar-refractivity contribution in [3.05, 3.63) is 47.7 Å². The highest BCUT2D eigenvalue weighted by Gasteiger charge is 2.36. The molecule has 37 heavy (non-hydrogen) atoms. The summed E-state index contributed by atoms with van der Waals surface area (Å²) in [5.74, 6) is -0.727. The van der Waals surface area contributed by atoms with E-state index in [-0.39, 0.29) is 42.3 Å². The van der Waals surface area contributed by atoms with Crippen molar-refractivity contribution in [2.75, 3.05) is 10.8 Å². The van der Waals surface area contributed by atoms with Gasteiger partial charge in [-0.3, -0.25) is 13.9 Å². The van der Waals surface area contributed by atoms with E-state index in [0.29, 0.717) is 5.56 Å². The highest BCUT2D eigenvalue weighted by molar-refractivity contribution is 7.92. The smallest absolute Gasteiger partial charge is 0.310 e. The third-order valence-electron chi connectivity index (χ3n) is 5.24. The third kappa shape index (κ3) is 7.92. The van der Waals surface area contributed by atoms with Crippen molar-refractivity contribution >= 4 is 27.6 Å². The summed E-state index contributed by atoms with van der Waals surface area (Å²) in [5.41, 5.74) is 0.255. The first-order valence-corrected chi connectivity index (χ1v) is 13.7. The Morgan fingerprint density at radius 1 is 1.05 bits per heavy atom. The second-order valence-corrected chi connectivity index (χ2v) is 13.0. The Labute approximate surface area is 219 Å². The molecule has 1 aromatic carbocycles. The van der Waals surface area contributed by atoms with Crippen molar-refractivity contribution in [2.45, 2.75) is 89.9 Å². The summed E-state index contributed by atoms with van der Waals surface area (Å²) in [6.07, 6.45) is 1.08. The van der Waals surface area contributed by atoms with Crippen molar-refractivity contribution in [1.82, 2.24) is 4.98 Å². The van der Waals surface area contributed by atoms with Gasteiger partial charge in [-0.05, 0) is 84.2 Å². The van der Waals surface area contributed by atoms with Crippen LogP contribution in [0.25, 0.3) is 0 Å². The van der Waals surface area contributed by atoms with E-state index in [1.54, 1.807) is 59.7 Å². The highest BCUT2D eigenvalue weighted by atomic mass is 32.2. The highest BCUT2D eigenvalue weighted by Crippen LogP contribution is 2.37. The molecule has 10 heteroatoms. The van der Waals surface area contributed by atoms with Gasteiger partial charge in [-0.2, -0.15) is 0 Å². The fourth-order valence-corrected chi connectivity index (χ4v) is 5.42. The second kappa shape index (κ2) is 10.7. The van der Waals surface area contributed by atoms with Crippen LogP contribution in [-0.4, -0.2) is 49.2 Å². The third-order valence-corrected chi connectivity index (χ3v) is 7.02. The molecule has 0 saturated carbocycles. The molecule has 3 rings (SSSR count). The molecule has 1 atom stereocenters. The number of aromatic nitrogens is 1. The zero-order valence-electron chi connectivity index (χ0n) is 22.5. The van der Waals surface area contributed by atoms with Gasteiger partial charge in [0.1, 0.15) is 23.0 Å². The first kappa shape index (κ1) is 28.4. The molecular formula is C27H36N2O7S. The number of benzene rings is 1. The molecular weight excluding hydrogens is 496 g/mol. The van der Waals surface area contributed by atoms with Crippen LogP contribution in [0.5, 0.6) is 5.88 Å². The summed E-state index contributed by atoms with van der Waals surface area (Å²) in [6, 6.07) is 8.21. The van der Waals surface area contributed by atoms with Crippen LogP contribution in [0.3, 0.4) is 0 Å². The summed E-state index contributed by atoms with van der Waals surface area (Å²) in [6.45, 7) is 12.5. The van der Waals surface area contributed by atoms with Gasteiger partial charge in [0.05, 0.1) is 17.9 Å². The van der Waals surface area contributed by atoms with Gasteiger partial charge in [-0.25, -0.2) is 13.4 Å². The molecule has 2 heterocycles. The Morgan fingerprint density at radius 2 is 1.70 bits per heavy atom. The molecule has 0 spiro atoms. The van der Waals surface area contributed by atoms with Gasteiger partial charge in [-0.1, -0.05) is 12.1 Å². The molecule has 202 valence electrons. The average Bonchev–Trinajstić information content (AvgIpc) is 2.74. The van der Waals surface area contributed by atoms with Gasteiger partial charge in [0, 0.05) is 12.6 Å². The molecule has 1 aliphatic rings. The first-order chi connectivity index (χ1) is 17.0.